The predicted octanol–water partition coefficient (Wildman–Crippen LogP) is 2.79. The van der Waals surface area contributed by atoms with Crippen LogP contribution in [0.5, 0.6) is 0 Å². The number of aliphatic hydroxyl groups excluding tert-OH is 1. The van der Waals surface area contributed by atoms with Gasteiger partial charge in [0.05, 0.1) is 11.5 Å². The Morgan fingerprint density at radius 3 is 2.70 bits per heavy atom. The molecule has 0 aliphatic carbocycles. The number of halogens is 1. The van der Waals surface area contributed by atoms with Crippen LogP contribution in [0.15, 0.2) is 38.3 Å². The molecule has 0 saturated heterocycles. The maximum absolute atomic E-state index is 12.4. The largest absolute Gasteiger partial charge is 0.392 e. The zero-order valence-corrected chi connectivity index (χ0v) is 14.0. The van der Waals surface area contributed by atoms with Crippen LogP contribution < -0.4 is 4.72 Å². The molecule has 2 aromatic rings. The minimum absolute atomic E-state index is 0.186. The summed E-state index contributed by atoms with van der Waals surface area (Å²) in [5.41, 5.74) is 2.10. The van der Waals surface area contributed by atoms with E-state index < -0.39 is 10.0 Å². The van der Waals surface area contributed by atoms with E-state index in [4.69, 9.17) is 0 Å². The van der Waals surface area contributed by atoms with Gasteiger partial charge in [-0.2, -0.15) is 11.3 Å². The van der Waals surface area contributed by atoms with Gasteiger partial charge in [0.2, 0.25) is 10.0 Å². The van der Waals surface area contributed by atoms with Crippen LogP contribution in [-0.4, -0.2) is 13.5 Å². The van der Waals surface area contributed by atoms with Gasteiger partial charge in [-0.1, -0.05) is 15.9 Å². The molecule has 20 heavy (non-hydrogen) atoms. The molecule has 0 saturated carbocycles. The number of benzene rings is 1. The van der Waals surface area contributed by atoms with Crippen molar-refractivity contribution in [1.82, 2.24) is 4.72 Å². The van der Waals surface area contributed by atoms with Crippen molar-refractivity contribution in [1.29, 1.82) is 0 Å². The monoisotopic (exact) mass is 375 g/mol. The van der Waals surface area contributed by atoms with Crippen LogP contribution >= 0.6 is 27.3 Å². The fourth-order valence-electron chi connectivity index (χ4n) is 1.73. The average molecular weight is 376 g/mol. The van der Waals surface area contributed by atoms with Crippen molar-refractivity contribution in [3.8, 4) is 0 Å². The van der Waals surface area contributed by atoms with Crippen molar-refractivity contribution in [2.45, 2.75) is 25.0 Å². The molecule has 1 aromatic heterocycles. The second-order valence-corrected chi connectivity index (χ2v) is 7.68. The third-order valence-corrected chi connectivity index (χ3v) is 5.96. The van der Waals surface area contributed by atoms with E-state index in [0.29, 0.717) is 15.6 Å². The fourth-order valence-corrected chi connectivity index (χ4v) is 4.37. The van der Waals surface area contributed by atoms with Gasteiger partial charge in [-0.05, 0) is 52.6 Å². The summed E-state index contributed by atoms with van der Waals surface area (Å²) >= 11 is 4.84. The second kappa shape index (κ2) is 6.36. The smallest absolute Gasteiger partial charge is 0.241 e. The van der Waals surface area contributed by atoms with Gasteiger partial charge < -0.3 is 5.11 Å². The third kappa shape index (κ3) is 3.48. The van der Waals surface area contributed by atoms with Crippen LogP contribution in [0.2, 0.25) is 0 Å². The van der Waals surface area contributed by atoms with Gasteiger partial charge in [-0.15, -0.1) is 0 Å². The lowest BCUT2D eigenvalue weighted by Gasteiger charge is -2.12. The average Bonchev–Trinajstić information content (AvgIpc) is 2.92. The summed E-state index contributed by atoms with van der Waals surface area (Å²) in [6, 6.07) is 5.09. The highest BCUT2D eigenvalue weighted by Crippen LogP contribution is 2.26. The topological polar surface area (TPSA) is 66.4 Å². The normalized spacial score (nSPS) is 11.8. The molecule has 0 bridgehead atoms. The number of thiophene rings is 1. The molecular weight excluding hydrogens is 362 g/mol. The van der Waals surface area contributed by atoms with E-state index in [0.717, 1.165) is 5.56 Å². The highest BCUT2D eigenvalue weighted by atomic mass is 79.9. The Balaban J connectivity index is 2.31. The molecule has 0 aliphatic heterocycles. The molecule has 4 nitrogen and oxygen atoms in total. The van der Waals surface area contributed by atoms with Gasteiger partial charge in [0, 0.05) is 11.0 Å². The summed E-state index contributed by atoms with van der Waals surface area (Å²) in [4.78, 5) is 0.186. The summed E-state index contributed by atoms with van der Waals surface area (Å²) < 4.78 is 28.0. The van der Waals surface area contributed by atoms with Crippen molar-refractivity contribution in [2.75, 3.05) is 0 Å². The lowest BCUT2D eigenvalue weighted by Crippen LogP contribution is -2.24. The molecule has 7 heteroatoms. The van der Waals surface area contributed by atoms with Crippen molar-refractivity contribution in [3.63, 3.8) is 0 Å². The van der Waals surface area contributed by atoms with Crippen LogP contribution in [0.3, 0.4) is 0 Å². The summed E-state index contributed by atoms with van der Waals surface area (Å²) in [6.07, 6.45) is 0. The molecule has 0 fully saturated rings. The van der Waals surface area contributed by atoms with Crippen LogP contribution in [0.1, 0.15) is 16.7 Å². The second-order valence-electron chi connectivity index (χ2n) is 4.32. The van der Waals surface area contributed by atoms with Crippen molar-refractivity contribution in [3.05, 3.63) is 50.1 Å². The molecular formula is C13H14BrNO3S2. The molecule has 2 rings (SSSR count). The summed E-state index contributed by atoms with van der Waals surface area (Å²) in [5, 5.41) is 13.0. The van der Waals surface area contributed by atoms with E-state index in [1.807, 2.05) is 16.8 Å². The summed E-state index contributed by atoms with van der Waals surface area (Å²) in [5.74, 6) is 0. The Morgan fingerprint density at radius 1 is 1.35 bits per heavy atom. The number of hydrogen-bond donors (Lipinski definition) is 2. The lowest BCUT2D eigenvalue weighted by atomic mass is 10.2. The van der Waals surface area contributed by atoms with Crippen molar-refractivity contribution >= 4 is 37.3 Å². The van der Waals surface area contributed by atoms with Crippen molar-refractivity contribution < 1.29 is 13.5 Å². The molecule has 1 aromatic carbocycles. The zero-order valence-electron chi connectivity index (χ0n) is 10.8. The molecule has 1 heterocycles. The molecule has 0 spiro atoms. The summed E-state index contributed by atoms with van der Waals surface area (Å²) in [6.45, 7) is 1.78. The SMILES string of the molecule is Cc1c(Br)cc(CO)cc1S(=O)(=O)NCc1ccsc1. The summed E-state index contributed by atoms with van der Waals surface area (Å²) in [7, 11) is -3.61. The minimum Gasteiger partial charge on any atom is -0.392 e. The van der Waals surface area contributed by atoms with E-state index in [-0.39, 0.29) is 18.0 Å². The lowest BCUT2D eigenvalue weighted by molar-refractivity contribution is 0.281. The van der Waals surface area contributed by atoms with Crippen LogP contribution in [0.25, 0.3) is 0 Å². The van der Waals surface area contributed by atoms with E-state index >= 15 is 0 Å². The first-order valence-corrected chi connectivity index (χ1v) is 9.06. The first kappa shape index (κ1) is 15.7. The Hall–Kier alpha value is -0.730. The van der Waals surface area contributed by atoms with Crippen LogP contribution in [-0.2, 0) is 23.2 Å². The maximum atomic E-state index is 12.4. The quantitative estimate of drug-likeness (QED) is 0.844. The van der Waals surface area contributed by atoms with Gasteiger partial charge in [0.1, 0.15) is 0 Å². The van der Waals surface area contributed by atoms with Gasteiger partial charge in [-0.3, -0.25) is 0 Å². The van der Waals surface area contributed by atoms with Gasteiger partial charge in [-0.25, -0.2) is 13.1 Å². The maximum Gasteiger partial charge on any atom is 0.241 e. The highest BCUT2D eigenvalue weighted by molar-refractivity contribution is 9.10. The van der Waals surface area contributed by atoms with Crippen molar-refractivity contribution in [2.24, 2.45) is 0 Å². The Labute approximate surface area is 130 Å². The van der Waals surface area contributed by atoms with E-state index in [9.17, 15) is 13.5 Å². The standard InChI is InChI=1S/C13H14BrNO3S2/c1-9-12(14)4-11(7-16)5-13(9)20(17,18)15-6-10-2-3-19-8-10/h2-5,8,15-16H,6-7H2,1H3. The van der Waals surface area contributed by atoms with Gasteiger partial charge >= 0.3 is 0 Å². The first-order valence-electron chi connectivity index (χ1n) is 5.84. The number of hydrogen-bond acceptors (Lipinski definition) is 4. The fraction of sp³-hybridized carbons (Fsp3) is 0.231. The molecule has 0 aliphatic rings. The number of rotatable bonds is 5. The predicted molar refractivity (Wildman–Crippen MR) is 83.1 cm³/mol. The van der Waals surface area contributed by atoms with E-state index in [2.05, 4.69) is 20.7 Å². The van der Waals surface area contributed by atoms with Gasteiger partial charge in [0.15, 0.2) is 0 Å². The number of nitrogens with one attached hydrogen (secondary N) is 1. The Bertz CT molecular complexity index is 697. The van der Waals surface area contributed by atoms with Crippen LogP contribution in [0, 0.1) is 6.92 Å². The third-order valence-electron chi connectivity index (χ3n) is 2.87. The zero-order chi connectivity index (χ0) is 14.8. The van der Waals surface area contributed by atoms with Crippen LogP contribution in [0.4, 0.5) is 0 Å². The van der Waals surface area contributed by atoms with E-state index in [1.165, 1.54) is 17.4 Å². The molecule has 108 valence electrons. The Kier molecular flexibility index (Phi) is 4.98. The number of aliphatic hydroxyl groups is 1. The highest BCUT2D eigenvalue weighted by Gasteiger charge is 2.19. The molecule has 0 amide bonds. The molecule has 0 radical (unpaired) electrons. The molecule has 0 unspecified atom stereocenters. The van der Waals surface area contributed by atoms with Gasteiger partial charge in [0.25, 0.3) is 0 Å². The Morgan fingerprint density at radius 2 is 2.10 bits per heavy atom. The number of sulfonamides is 1. The van der Waals surface area contributed by atoms with E-state index in [1.54, 1.807) is 13.0 Å². The molecule has 2 N–H and O–H groups in total. The molecule has 0 atom stereocenters. The first-order chi connectivity index (χ1) is 9.44. The minimum atomic E-state index is -3.61.